The van der Waals surface area contributed by atoms with Crippen LogP contribution in [-0.4, -0.2) is 28.6 Å². The highest BCUT2D eigenvalue weighted by Crippen LogP contribution is 2.38. The first-order chi connectivity index (χ1) is 11.6. The molecule has 0 unspecified atom stereocenters. The minimum absolute atomic E-state index is 0.0821. The van der Waals surface area contributed by atoms with E-state index in [9.17, 15) is 14.7 Å². The molecule has 0 radical (unpaired) electrons. The largest absolute Gasteiger partial charge is 0.506 e. The van der Waals surface area contributed by atoms with Gasteiger partial charge in [-0.05, 0) is 31.2 Å². The lowest BCUT2D eigenvalue weighted by molar-refractivity contribution is -0.138. The molecule has 1 aromatic rings. The van der Waals surface area contributed by atoms with Crippen LogP contribution in [0.3, 0.4) is 0 Å². The van der Waals surface area contributed by atoms with Crippen LogP contribution in [0.2, 0.25) is 0 Å². The van der Waals surface area contributed by atoms with Crippen molar-refractivity contribution < 1.29 is 23.8 Å². The summed E-state index contributed by atoms with van der Waals surface area (Å²) in [6.07, 6.45) is 6.75. The summed E-state index contributed by atoms with van der Waals surface area (Å²) >= 11 is 1.05. The number of carbonyl (C=O) groups excluding carboxylic acids is 2. The zero-order valence-electron chi connectivity index (χ0n) is 13.3. The second kappa shape index (κ2) is 8.35. The second-order valence-electron chi connectivity index (χ2n) is 4.62. The topological polar surface area (TPSA) is 89.1 Å². The molecule has 6 nitrogen and oxygen atoms in total. The molecule has 0 fully saturated rings. The Labute approximate surface area is 143 Å². The van der Waals surface area contributed by atoms with Crippen LogP contribution in [0.15, 0.2) is 56.2 Å². The number of amides is 1. The van der Waals surface area contributed by atoms with Gasteiger partial charge in [-0.3, -0.25) is 4.79 Å². The Morgan fingerprint density at radius 1 is 1.42 bits per heavy atom. The maximum absolute atomic E-state index is 12.0. The molecule has 0 atom stereocenters. The van der Waals surface area contributed by atoms with Crippen molar-refractivity contribution in [2.24, 2.45) is 4.99 Å². The molecule has 1 aliphatic rings. The summed E-state index contributed by atoms with van der Waals surface area (Å²) in [5.74, 6) is -0.674. The summed E-state index contributed by atoms with van der Waals surface area (Å²) in [5, 5.41) is 10.4. The zero-order chi connectivity index (χ0) is 17.5. The number of nitrogens with zero attached hydrogens (tertiary/aromatic N) is 1. The number of furan rings is 1. The summed E-state index contributed by atoms with van der Waals surface area (Å²) in [6, 6.07) is 3.54. The molecule has 126 valence electrons. The van der Waals surface area contributed by atoms with Crippen molar-refractivity contribution >= 4 is 34.8 Å². The Balaban J connectivity index is 2.32. The number of aliphatic hydroxyl groups is 1. The molecule has 24 heavy (non-hydrogen) atoms. The van der Waals surface area contributed by atoms with Crippen LogP contribution < -0.4 is 0 Å². The van der Waals surface area contributed by atoms with E-state index in [1.54, 1.807) is 50.5 Å². The normalized spacial score (nSPS) is 18.1. The third-order valence-corrected chi connectivity index (χ3v) is 3.99. The van der Waals surface area contributed by atoms with Gasteiger partial charge in [-0.2, -0.15) is 0 Å². The van der Waals surface area contributed by atoms with E-state index in [2.05, 4.69) is 4.99 Å². The number of hydrogen-bond acceptors (Lipinski definition) is 6. The summed E-state index contributed by atoms with van der Waals surface area (Å²) in [4.78, 5) is 27.9. The average molecular weight is 347 g/mol. The van der Waals surface area contributed by atoms with E-state index < -0.39 is 5.97 Å². The Kier molecular flexibility index (Phi) is 6.20. The maximum Gasteiger partial charge on any atom is 0.344 e. The zero-order valence-corrected chi connectivity index (χ0v) is 14.1. The summed E-state index contributed by atoms with van der Waals surface area (Å²) in [5.41, 5.74) is -0.0821. The predicted octanol–water partition coefficient (Wildman–Crippen LogP) is 3.63. The fraction of sp³-hybridized carbons (Fsp3) is 0.235. The maximum atomic E-state index is 12.0. The molecule has 0 bridgehead atoms. The average Bonchev–Trinajstić information content (AvgIpc) is 3.16. The van der Waals surface area contributed by atoms with Gasteiger partial charge in [0.1, 0.15) is 22.1 Å². The first kappa shape index (κ1) is 17.8. The molecule has 0 aromatic carbocycles. The Morgan fingerprint density at radius 2 is 2.21 bits per heavy atom. The highest BCUT2D eigenvalue weighted by molar-refractivity contribution is 8.18. The standard InChI is InChI=1S/C17H17NO5S/c1-3-13(19)18-16-14(17(21)22-4-2)15(20)12(24-16)9-5-7-11-8-6-10-23-11/h5-10,20H,3-4H2,1-2H3/b7-5+,12-9-,18-16?. The van der Waals surface area contributed by atoms with Crippen LogP contribution in [0.1, 0.15) is 26.0 Å². The van der Waals surface area contributed by atoms with Crippen LogP contribution in [0.25, 0.3) is 6.08 Å². The van der Waals surface area contributed by atoms with Gasteiger partial charge in [0.15, 0.2) is 0 Å². The highest BCUT2D eigenvalue weighted by Gasteiger charge is 2.33. The van der Waals surface area contributed by atoms with E-state index in [-0.39, 0.29) is 35.3 Å². The van der Waals surface area contributed by atoms with E-state index in [1.807, 2.05) is 0 Å². The van der Waals surface area contributed by atoms with Gasteiger partial charge in [0.2, 0.25) is 5.91 Å². The fourth-order valence-electron chi connectivity index (χ4n) is 1.82. The second-order valence-corrected chi connectivity index (χ2v) is 5.65. The predicted molar refractivity (Wildman–Crippen MR) is 92.4 cm³/mol. The van der Waals surface area contributed by atoms with E-state index in [4.69, 9.17) is 9.15 Å². The summed E-state index contributed by atoms with van der Waals surface area (Å²) in [7, 11) is 0. The highest BCUT2D eigenvalue weighted by atomic mass is 32.2. The van der Waals surface area contributed by atoms with Crippen LogP contribution in [0, 0.1) is 0 Å². The lowest BCUT2D eigenvalue weighted by atomic mass is 10.2. The number of aliphatic hydroxyl groups excluding tert-OH is 1. The van der Waals surface area contributed by atoms with Crippen molar-refractivity contribution in [2.75, 3.05) is 6.61 Å². The summed E-state index contributed by atoms with van der Waals surface area (Å²) in [6.45, 7) is 3.49. The first-order valence-corrected chi connectivity index (χ1v) is 8.20. The van der Waals surface area contributed by atoms with E-state index in [1.165, 1.54) is 0 Å². The number of hydrogen-bond donors (Lipinski definition) is 1. The molecule has 1 aromatic heterocycles. The lowest BCUT2D eigenvalue weighted by Crippen LogP contribution is -2.14. The first-order valence-electron chi connectivity index (χ1n) is 7.39. The molecule has 1 N–H and O–H groups in total. The van der Waals surface area contributed by atoms with Gasteiger partial charge in [-0.15, -0.1) is 0 Å². The van der Waals surface area contributed by atoms with E-state index in [0.717, 1.165) is 11.8 Å². The fourth-order valence-corrected chi connectivity index (χ4v) is 2.80. The van der Waals surface area contributed by atoms with E-state index >= 15 is 0 Å². The molecule has 0 saturated carbocycles. The lowest BCUT2D eigenvalue weighted by Gasteiger charge is -2.02. The van der Waals surface area contributed by atoms with Gasteiger partial charge < -0.3 is 14.3 Å². The Morgan fingerprint density at radius 3 is 2.83 bits per heavy atom. The van der Waals surface area contributed by atoms with Crippen LogP contribution >= 0.6 is 11.8 Å². The molecule has 1 aliphatic heterocycles. The summed E-state index contributed by atoms with van der Waals surface area (Å²) < 4.78 is 10.1. The van der Waals surface area contributed by atoms with E-state index in [0.29, 0.717) is 10.7 Å². The van der Waals surface area contributed by atoms with Gasteiger partial charge in [-0.1, -0.05) is 24.8 Å². The Hall–Kier alpha value is -2.54. The monoisotopic (exact) mass is 347 g/mol. The number of carbonyl (C=O) groups is 2. The molecule has 0 spiro atoms. The molecule has 2 heterocycles. The third-order valence-electron chi connectivity index (χ3n) is 2.95. The number of rotatable bonds is 5. The quantitative estimate of drug-likeness (QED) is 0.818. The number of esters is 1. The molecular formula is C17H17NO5S. The molecular weight excluding hydrogens is 330 g/mol. The molecule has 7 heteroatoms. The van der Waals surface area contributed by atoms with Crippen molar-refractivity contribution in [2.45, 2.75) is 20.3 Å². The molecule has 0 saturated heterocycles. The van der Waals surface area contributed by atoms with Gasteiger partial charge in [0.05, 0.1) is 17.8 Å². The van der Waals surface area contributed by atoms with Crippen LogP contribution in [-0.2, 0) is 14.3 Å². The smallest absolute Gasteiger partial charge is 0.344 e. The minimum Gasteiger partial charge on any atom is -0.506 e. The van der Waals surface area contributed by atoms with Gasteiger partial charge >= 0.3 is 5.97 Å². The van der Waals surface area contributed by atoms with Crippen LogP contribution in [0.4, 0.5) is 0 Å². The van der Waals surface area contributed by atoms with Crippen molar-refractivity contribution in [1.82, 2.24) is 0 Å². The number of ether oxygens (including phenoxy) is 1. The number of thioether (sulfide) groups is 1. The minimum atomic E-state index is -0.705. The Bertz CT molecular complexity index is 741. The molecule has 0 aliphatic carbocycles. The van der Waals surface area contributed by atoms with Gasteiger partial charge in [0.25, 0.3) is 0 Å². The van der Waals surface area contributed by atoms with Crippen LogP contribution in [0.5, 0.6) is 0 Å². The van der Waals surface area contributed by atoms with Gasteiger partial charge in [-0.25, -0.2) is 9.79 Å². The molecule has 2 rings (SSSR count). The number of allylic oxidation sites excluding steroid dienone is 2. The van der Waals surface area contributed by atoms with Crippen molar-refractivity contribution in [3.63, 3.8) is 0 Å². The third kappa shape index (κ3) is 4.26. The van der Waals surface area contributed by atoms with Gasteiger partial charge in [0, 0.05) is 6.42 Å². The van der Waals surface area contributed by atoms with Crippen molar-refractivity contribution in [3.8, 4) is 0 Å². The van der Waals surface area contributed by atoms with Crippen molar-refractivity contribution in [3.05, 3.63) is 52.5 Å². The van der Waals surface area contributed by atoms with Crippen molar-refractivity contribution in [1.29, 1.82) is 0 Å². The molecule has 1 amide bonds. The number of aliphatic imine (C=N–C) groups is 1. The SMILES string of the molecule is CCOC(=O)C1=C(O)/C(=C/C=C/c2ccco2)SC1=NC(=O)CC.